The van der Waals surface area contributed by atoms with E-state index in [1.165, 1.54) is 0 Å². The van der Waals surface area contributed by atoms with Gasteiger partial charge in [-0.2, -0.15) is 0 Å². The number of hydrogen-bond donors (Lipinski definition) is 0. The fourth-order valence-corrected chi connectivity index (χ4v) is 3.81. The van der Waals surface area contributed by atoms with Crippen LogP contribution in [0.25, 0.3) is 0 Å². The second-order valence-corrected chi connectivity index (χ2v) is 7.10. The zero-order valence-corrected chi connectivity index (χ0v) is 15.1. The molecule has 0 unspecified atom stereocenters. The molecule has 2 atom stereocenters. The number of imidazole rings is 1. The number of carbonyl (C=O) groups is 2. The summed E-state index contributed by atoms with van der Waals surface area (Å²) in [5.41, 5.74) is 1.59. The number of rotatable bonds is 4. The minimum atomic E-state index is -0.310. The highest BCUT2D eigenvalue weighted by Gasteiger charge is 2.48. The van der Waals surface area contributed by atoms with Crippen molar-refractivity contribution in [2.75, 3.05) is 19.6 Å². The monoisotopic (exact) mass is 374 g/mol. The fraction of sp³-hybridized carbons (Fsp3) is 0.389. The third-order valence-electron chi connectivity index (χ3n) is 4.98. The first kappa shape index (κ1) is 16.9. The van der Waals surface area contributed by atoms with Gasteiger partial charge in [0.2, 0.25) is 0 Å². The Morgan fingerprint density at radius 1 is 1.38 bits per heavy atom. The van der Waals surface area contributed by atoms with Crippen LogP contribution < -0.4 is 0 Å². The number of aromatic nitrogens is 2. The van der Waals surface area contributed by atoms with Gasteiger partial charge < -0.3 is 14.2 Å². The van der Waals surface area contributed by atoms with Crippen LogP contribution >= 0.6 is 11.6 Å². The summed E-state index contributed by atoms with van der Waals surface area (Å²) >= 11 is 6.02. The lowest BCUT2D eigenvalue weighted by molar-refractivity contribution is 0.0719. The Balaban J connectivity index is 1.43. The molecule has 1 aromatic carbocycles. The zero-order valence-electron chi connectivity index (χ0n) is 14.3. The highest BCUT2D eigenvalue weighted by Crippen LogP contribution is 2.28. The van der Waals surface area contributed by atoms with Crippen LogP contribution in [0.2, 0.25) is 5.02 Å². The van der Waals surface area contributed by atoms with E-state index in [0.29, 0.717) is 36.8 Å². The minimum absolute atomic E-state index is 0.0924. The summed E-state index contributed by atoms with van der Waals surface area (Å²) in [4.78, 5) is 32.3. The predicted octanol–water partition coefficient (Wildman–Crippen LogP) is 1.96. The molecule has 2 aliphatic heterocycles. The lowest BCUT2D eigenvalue weighted by Gasteiger charge is -2.22. The third kappa shape index (κ3) is 3.03. The largest absolute Gasteiger partial charge is 0.442 e. The Labute approximate surface area is 156 Å². The molecule has 0 spiro atoms. The van der Waals surface area contributed by atoms with Crippen molar-refractivity contribution in [3.8, 4) is 0 Å². The molecule has 0 N–H and O–H groups in total. The quantitative estimate of drug-likeness (QED) is 0.820. The van der Waals surface area contributed by atoms with Gasteiger partial charge in [-0.25, -0.2) is 9.78 Å². The molecule has 2 amide bonds. The van der Waals surface area contributed by atoms with Crippen molar-refractivity contribution in [2.24, 2.45) is 7.05 Å². The lowest BCUT2D eigenvalue weighted by Crippen LogP contribution is -2.40. The summed E-state index contributed by atoms with van der Waals surface area (Å²) in [5, 5.41) is 0.679. The van der Waals surface area contributed by atoms with E-state index in [2.05, 4.69) is 4.98 Å². The number of fused-ring (bicyclic) bond motifs is 1. The summed E-state index contributed by atoms with van der Waals surface area (Å²) in [6.07, 6.45) is 3.25. The molecule has 2 fully saturated rings. The summed E-state index contributed by atoms with van der Waals surface area (Å²) in [6, 6.07) is 7.49. The summed E-state index contributed by atoms with van der Waals surface area (Å²) < 4.78 is 7.18. The van der Waals surface area contributed by atoms with Gasteiger partial charge in [0.25, 0.3) is 5.91 Å². The Bertz CT molecular complexity index is 852. The van der Waals surface area contributed by atoms with Gasteiger partial charge in [-0.15, -0.1) is 0 Å². The molecular formula is C18H19ClN4O3. The molecule has 4 rings (SSSR count). The number of hydrogen-bond acceptors (Lipinski definition) is 4. The standard InChI is InChI=1S/C18H19ClN4O3/c1-21-11-20-8-14(21)17(24)22-9-15-16(10-22)26-18(25)23(15)6-5-12-3-2-4-13(19)7-12/h2-4,7-8,11,15-16H,5-6,9-10H2,1H3/t15-,16+/m0/s1. The number of carbonyl (C=O) groups excluding carboxylic acids is 2. The van der Waals surface area contributed by atoms with Crippen LogP contribution in [-0.4, -0.2) is 63.1 Å². The maximum Gasteiger partial charge on any atom is 0.410 e. The van der Waals surface area contributed by atoms with E-state index in [1.54, 1.807) is 33.9 Å². The average molecular weight is 375 g/mol. The van der Waals surface area contributed by atoms with Gasteiger partial charge in [0.15, 0.2) is 0 Å². The second kappa shape index (κ2) is 6.64. The molecule has 0 saturated carbocycles. The first-order valence-corrected chi connectivity index (χ1v) is 8.88. The maximum atomic E-state index is 12.7. The summed E-state index contributed by atoms with van der Waals surface area (Å²) in [6.45, 7) is 1.41. The van der Waals surface area contributed by atoms with Gasteiger partial charge >= 0.3 is 6.09 Å². The molecule has 0 bridgehead atoms. The molecule has 2 aliphatic rings. The predicted molar refractivity (Wildman–Crippen MR) is 95.0 cm³/mol. The number of nitrogens with zero attached hydrogens (tertiary/aromatic N) is 4. The topological polar surface area (TPSA) is 67.7 Å². The van der Waals surface area contributed by atoms with Crippen molar-refractivity contribution in [1.29, 1.82) is 0 Å². The van der Waals surface area contributed by atoms with Crippen LogP contribution in [0.1, 0.15) is 16.1 Å². The van der Waals surface area contributed by atoms with E-state index in [9.17, 15) is 9.59 Å². The number of benzene rings is 1. The first-order chi connectivity index (χ1) is 12.5. The van der Waals surface area contributed by atoms with Gasteiger partial charge in [0.05, 0.1) is 25.1 Å². The van der Waals surface area contributed by atoms with E-state index in [1.807, 2.05) is 24.3 Å². The number of amides is 2. The molecule has 136 valence electrons. The summed E-state index contributed by atoms with van der Waals surface area (Å²) in [7, 11) is 1.79. The summed E-state index contributed by atoms with van der Waals surface area (Å²) in [5.74, 6) is -0.0924. The molecule has 8 heteroatoms. The highest BCUT2D eigenvalue weighted by molar-refractivity contribution is 6.30. The van der Waals surface area contributed by atoms with Crippen LogP contribution in [-0.2, 0) is 18.2 Å². The second-order valence-electron chi connectivity index (χ2n) is 6.66. The number of aryl methyl sites for hydroxylation is 1. The Hall–Kier alpha value is -2.54. The van der Waals surface area contributed by atoms with Crippen molar-refractivity contribution >= 4 is 23.6 Å². The van der Waals surface area contributed by atoms with Gasteiger partial charge in [0, 0.05) is 25.2 Å². The Kier molecular flexibility index (Phi) is 4.32. The van der Waals surface area contributed by atoms with E-state index >= 15 is 0 Å². The molecule has 0 aliphatic carbocycles. The normalized spacial score (nSPS) is 21.8. The van der Waals surface area contributed by atoms with Crippen molar-refractivity contribution in [2.45, 2.75) is 18.6 Å². The Morgan fingerprint density at radius 2 is 2.23 bits per heavy atom. The third-order valence-corrected chi connectivity index (χ3v) is 5.21. The molecule has 26 heavy (non-hydrogen) atoms. The SMILES string of the molecule is Cn1cncc1C(=O)N1C[C@H]2OC(=O)N(CCc3cccc(Cl)c3)[C@H]2C1. The van der Waals surface area contributed by atoms with Crippen LogP contribution in [0.5, 0.6) is 0 Å². The van der Waals surface area contributed by atoms with E-state index < -0.39 is 0 Å². The van der Waals surface area contributed by atoms with E-state index in [-0.39, 0.29) is 24.1 Å². The first-order valence-electron chi connectivity index (χ1n) is 8.50. The van der Waals surface area contributed by atoms with Crippen molar-refractivity contribution in [3.63, 3.8) is 0 Å². The van der Waals surface area contributed by atoms with E-state index in [4.69, 9.17) is 16.3 Å². The van der Waals surface area contributed by atoms with Crippen LogP contribution in [0.15, 0.2) is 36.8 Å². The lowest BCUT2D eigenvalue weighted by atomic mass is 10.1. The molecule has 3 heterocycles. The fourth-order valence-electron chi connectivity index (χ4n) is 3.59. The molecule has 7 nitrogen and oxygen atoms in total. The molecule has 0 radical (unpaired) electrons. The number of ether oxygens (including phenoxy) is 1. The highest BCUT2D eigenvalue weighted by atomic mass is 35.5. The van der Waals surface area contributed by atoms with Gasteiger partial charge in [0.1, 0.15) is 11.8 Å². The van der Waals surface area contributed by atoms with Crippen LogP contribution in [0.4, 0.5) is 4.79 Å². The van der Waals surface area contributed by atoms with Gasteiger partial charge in [-0.05, 0) is 24.1 Å². The van der Waals surface area contributed by atoms with Gasteiger partial charge in [-0.3, -0.25) is 9.69 Å². The van der Waals surface area contributed by atoms with Crippen molar-refractivity contribution in [3.05, 3.63) is 53.1 Å². The number of likely N-dealkylation sites (tertiary alicyclic amines) is 1. The van der Waals surface area contributed by atoms with Crippen LogP contribution in [0.3, 0.4) is 0 Å². The molecular weight excluding hydrogens is 356 g/mol. The minimum Gasteiger partial charge on any atom is -0.442 e. The molecule has 2 aromatic rings. The number of halogens is 1. The zero-order chi connectivity index (χ0) is 18.3. The maximum absolute atomic E-state index is 12.7. The van der Waals surface area contributed by atoms with Gasteiger partial charge in [-0.1, -0.05) is 23.7 Å². The average Bonchev–Trinajstić information content (AvgIpc) is 3.27. The van der Waals surface area contributed by atoms with Crippen molar-refractivity contribution in [1.82, 2.24) is 19.4 Å². The van der Waals surface area contributed by atoms with Crippen LogP contribution in [0, 0.1) is 0 Å². The molecule has 2 saturated heterocycles. The molecule has 1 aromatic heterocycles. The smallest absolute Gasteiger partial charge is 0.410 e. The van der Waals surface area contributed by atoms with E-state index in [0.717, 1.165) is 5.56 Å². The van der Waals surface area contributed by atoms with Crippen molar-refractivity contribution < 1.29 is 14.3 Å². The Morgan fingerprint density at radius 3 is 2.96 bits per heavy atom.